The number of anilines is 2. The lowest BCUT2D eigenvalue weighted by atomic mass is 10.1. The molecule has 0 bridgehead atoms. The molecule has 0 amide bonds. The zero-order valence-electron chi connectivity index (χ0n) is 11.4. The molecule has 1 rings (SSSR count). The molecule has 102 valence electrons. The monoisotopic (exact) mass is 254 g/mol. The van der Waals surface area contributed by atoms with Crippen molar-refractivity contribution in [3.05, 3.63) is 17.9 Å². The third kappa shape index (κ3) is 4.43. The highest BCUT2D eigenvalue weighted by Gasteiger charge is 2.07. The van der Waals surface area contributed by atoms with E-state index >= 15 is 0 Å². The molecule has 1 aromatic rings. The first-order valence-electron chi connectivity index (χ1n) is 6.41. The normalized spacial score (nSPS) is 10.7. The van der Waals surface area contributed by atoms with Crippen LogP contribution < -0.4 is 15.8 Å². The average molecular weight is 254 g/mol. The summed E-state index contributed by atoms with van der Waals surface area (Å²) in [4.78, 5) is 0. The van der Waals surface area contributed by atoms with E-state index in [9.17, 15) is 4.39 Å². The number of rotatable bonds is 7. The van der Waals surface area contributed by atoms with E-state index in [0.717, 1.165) is 25.3 Å². The van der Waals surface area contributed by atoms with Crippen LogP contribution in [0, 0.1) is 11.7 Å². The van der Waals surface area contributed by atoms with Crippen LogP contribution in [-0.4, -0.2) is 13.7 Å². The summed E-state index contributed by atoms with van der Waals surface area (Å²) in [6.45, 7) is 5.17. The zero-order chi connectivity index (χ0) is 13.5. The molecule has 0 radical (unpaired) electrons. The molecule has 4 heteroatoms. The summed E-state index contributed by atoms with van der Waals surface area (Å²) in [7, 11) is 1.52. The van der Waals surface area contributed by atoms with E-state index in [1.807, 2.05) is 0 Å². The van der Waals surface area contributed by atoms with Gasteiger partial charge in [-0.05, 0) is 12.3 Å². The maximum atomic E-state index is 13.6. The van der Waals surface area contributed by atoms with Crippen molar-refractivity contribution in [1.29, 1.82) is 0 Å². The van der Waals surface area contributed by atoms with Crippen LogP contribution in [0.2, 0.25) is 0 Å². The lowest BCUT2D eigenvalue weighted by molar-refractivity contribution is 0.416. The number of nitrogens with one attached hydrogen (secondary N) is 1. The number of hydrogen-bond acceptors (Lipinski definition) is 3. The lowest BCUT2D eigenvalue weighted by Gasteiger charge is -2.11. The van der Waals surface area contributed by atoms with Crippen molar-refractivity contribution < 1.29 is 9.13 Å². The Labute approximate surface area is 109 Å². The third-order valence-electron chi connectivity index (χ3n) is 2.84. The highest BCUT2D eigenvalue weighted by molar-refractivity contribution is 5.62. The summed E-state index contributed by atoms with van der Waals surface area (Å²) in [5.74, 6) is 0.886. The van der Waals surface area contributed by atoms with E-state index in [2.05, 4.69) is 19.2 Å². The fourth-order valence-electron chi connectivity index (χ4n) is 1.78. The molecule has 3 N–H and O–H groups in total. The Morgan fingerprint density at radius 2 is 2.06 bits per heavy atom. The highest BCUT2D eigenvalue weighted by Crippen LogP contribution is 2.28. The van der Waals surface area contributed by atoms with Crippen LogP contribution in [0.15, 0.2) is 12.1 Å². The van der Waals surface area contributed by atoms with Gasteiger partial charge in [0.15, 0.2) is 0 Å². The minimum atomic E-state index is -0.336. The quantitative estimate of drug-likeness (QED) is 0.576. The summed E-state index contributed by atoms with van der Waals surface area (Å²) in [6, 6.07) is 2.89. The summed E-state index contributed by atoms with van der Waals surface area (Å²) in [5.41, 5.74) is 6.39. The van der Waals surface area contributed by atoms with Gasteiger partial charge in [0.25, 0.3) is 0 Å². The van der Waals surface area contributed by atoms with Gasteiger partial charge in [-0.3, -0.25) is 0 Å². The molecule has 3 nitrogen and oxygen atoms in total. The molecule has 0 fully saturated rings. The SMILES string of the molecule is COc1cc(NCCCCC(C)C)c(F)cc1N. The molecule has 0 spiro atoms. The van der Waals surface area contributed by atoms with Crippen LogP contribution in [0.1, 0.15) is 33.1 Å². The second-order valence-corrected chi connectivity index (χ2v) is 4.89. The topological polar surface area (TPSA) is 47.3 Å². The zero-order valence-corrected chi connectivity index (χ0v) is 11.4. The van der Waals surface area contributed by atoms with Crippen molar-refractivity contribution >= 4 is 11.4 Å². The van der Waals surface area contributed by atoms with E-state index in [1.54, 1.807) is 6.07 Å². The molecule has 0 atom stereocenters. The molecule has 0 unspecified atom stereocenters. The maximum absolute atomic E-state index is 13.6. The molecular weight excluding hydrogens is 231 g/mol. The molecule has 0 aliphatic heterocycles. The number of halogens is 1. The Morgan fingerprint density at radius 3 is 2.67 bits per heavy atom. The van der Waals surface area contributed by atoms with Crippen molar-refractivity contribution in [1.82, 2.24) is 0 Å². The van der Waals surface area contributed by atoms with Crippen molar-refractivity contribution in [3.63, 3.8) is 0 Å². The largest absolute Gasteiger partial charge is 0.495 e. The smallest absolute Gasteiger partial charge is 0.148 e. The van der Waals surface area contributed by atoms with Gasteiger partial charge in [0.2, 0.25) is 0 Å². The second-order valence-electron chi connectivity index (χ2n) is 4.89. The molecular formula is C14H23FN2O. The number of ether oxygens (including phenoxy) is 1. The van der Waals surface area contributed by atoms with E-state index in [1.165, 1.54) is 19.6 Å². The van der Waals surface area contributed by atoms with Gasteiger partial charge in [-0.2, -0.15) is 0 Å². The van der Waals surface area contributed by atoms with Gasteiger partial charge in [0.1, 0.15) is 11.6 Å². The molecule has 0 saturated heterocycles. The molecule has 1 aromatic carbocycles. The van der Waals surface area contributed by atoms with Crippen LogP contribution in [0.5, 0.6) is 5.75 Å². The number of unbranched alkanes of at least 4 members (excludes halogenated alkanes) is 1. The molecule has 0 saturated carbocycles. The second kappa shape index (κ2) is 7.09. The lowest BCUT2D eigenvalue weighted by Crippen LogP contribution is -2.05. The summed E-state index contributed by atoms with van der Waals surface area (Å²) in [6.07, 6.45) is 3.39. The Morgan fingerprint density at radius 1 is 1.33 bits per heavy atom. The van der Waals surface area contributed by atoms with E-state index in [0.29, 0.717) is 17.1 Å². The number of hydrogen-bond donors (Lipinski definition) is 2. The van der Waals surface area contributed by atoms with Crippen LogP contribution >= 0.6 is 0 Å². The van der Waals surface area contributed by atoms with E-state index in [4.69, 9.17) is 10.5 Å². The van der Waals surface area contributed by atoms with E-state index < -0.39 is 0 Å². The van der Waals surface area contributed by atoms with Crippen molar-refractivity contribution in [2.75, 3.05) is 24.7 Å². The predicted molar refractivity (Wildman–Crippen MR) is 74.5 cm³/mol. The third-order valence-corrected chi connectivity index (χ3v) is 2.84. The minimum absolute atomic E-state index is 0.320. The molecule has 18 heavy (non-hydrogen) atoms. The van der Waals surface area contributed by atoms with Crippen molar-refractivity contribution in [2.45, 2.75) is 33.1 Å². The Kier molecular flexibility index (Phi) is 5.75. The van der Waals surface area contributed by atoms with Gasteiger partial charge in [-0.15, -0.1) is 0 Å². The average Bonchev–Trinajstić information content (AvgIpc) is 2.30. The van der Waals surface area contributed by atoms with Gasteiger partial charge in [-0.1, -0.05) is 26.7 Å². The first-order chi connectivity index (χ1) is 8.54. The first-order valence-corrected chi connectivity index (χ1v) is 6.41. The van der Waals surface area contributed by atoms with E-state index in [-0.39, 0.29) is 5.82 Å². The number of benzene rings is 1. The molecule has 0 heterocycles. The number of nitrogen functional groups attached to an aromatic ring is 1. The minimum Gasteiger partial charge on any atom is -0.495 e. The molecule has 0 aliphatic rings. The number of nitrogens with two attached hydrogens (primary N) is 1. The predicted octanol–water partition coefficient (Wildman–Crippen LogP) is 3.65. The Balaban J connectivity index is 2.47. The molecule has 0 aromatic heterocycles. The Bertz CT molecular complexity index is 380. The van der Waals surface area contributed by atoms with Crippen LogP contribution in [0.4, 0.5) is 15.8 Å². The first kappa shape index (κ1) is 14.6. The maximum Gasteiger partial charge on any atom is 0.148 e. The Hall–Kier alpha value is -1.45. The van der Waals surface area contributed by atoms with Gasteiger partial charge in [-0.25, -0.2) is 4.39 Å². The summed E-state index contributed by atoms with van der Waals surface area (Å²) < 4.78 is 18.7. The fourth-order valence-corrected chi connectivity index (χ4v) is 1.78. The molecule has 0 aliphatic carbocycles. The van der Waals surface area contributed by atoms with Crippen molar-refractivity contribution in [3.8, 4) is 5.75 Å². The fraction of sp³-hybridized carbons (Fsp3) is 0.571. The summed E-state index contributed by atoms with van der Waals surface area (Å²) in [5, 5.41) is 3.08. The van der Waals surface area contributed by atoms with Crippen LogP contribution in [0.25, 0.3) is 0 Å². The van der Waals surface area contributed by atoms with Gasteiger partial charge in [0, 0.05) is 18.7 Å². The van der Waals surface area contributed by atoms with Gasteiger partial charge < -0.3 is 15.8 Å². The standard InChI is InChI=1S/C14H23FN2O/c1-10(2)6-4-5-7-17-13-9-14(18-3)12(16)8-11(13)15/h8-10,17H,4-7,16H2,1-3H3. The van der Waals surface area contributed by atoms with Crippen LogP contribution in [0.3, 0.4) is 0 Å². The number of methoxy groups -OCH3 is 1. The van der Waals surface area contributed by atoms with Crippen molar-refractivity contribution in [2.24, 2.45) is 5.92 Å². The highest BCUT2D eigenvalue weighted by atomic mass is 19.1. The van der Waals surface area contributed by atoms with Gasteiger partial charge in [0.05, 0.1) is 18.5 Å². The van der Waals surface area contributed by atoms with Crippen LogP contribution in [-0.2, 0) is 0 Å². The van der Waals surface area contributed by atoms with Gasteiger partial charge >= 0.3 is 0 Å². The summed E-state index contributed by atoms with van der Waals surface area (Å²) >= 11 is 0.